The maximum absolute atomic E-state index is 13.6. The highest BCUT2D eigenvalue weighted by Gasteiger charge is 2.51. The van der Waals surface area contributed by atoms with Crippen LogP contribution in [0.1, 0.15) is 76.7 Å². The zero-order valence-corrected chi connectivity index (χ0v) is 25.7. The summed E-state index contributed by atoms with van der Waals surface area (Å²) in [5.74, 6) is 0.666. The maximum Gasteiger partial charge on any atom is 0.410 e. The lowest BCUT2D eigenvalue weighted by Crippen LogP contribution is -2.45. The molecule has 1 atom stereocenters. The fourth-order valence-corrected chi connectivity index (χ4v) is 7.83. The van der Waals surface area contributed by atoms with Gasteiger partial charge in [-0.25, -0.2) is 17.9 Å². The molecule has 0 bridgehead atoms. The number of amides is 1. The number of nitriles is 1. The van der Waals surface area contributed by atoms with Crippen molar-refractivity contribution in [3.05, 3.63) is 44.4 Å². The van der Waals surface area contributed by atoms with Crippen LogP contribution in [0.15, 0.2) is 39.4 Å². The van der Waals surface area contributed by atoms with Crippen LogP contribution in [0.4, 0.5) is 4.79 Å². The van der Waals surface area contributed by atoms with Crippen LogP contribution in [-0.2, 0) is 25.7 Å². The van der Waals surface area contributed by atoms with E-state index >= 15 is 0 Å². The van der Waals surface area contributed by atoms with Crippen molar-refractivity contribution in [3.63, 3.8) is 0 Å². The molecule has 1 aromatic heterocycles. The lowest BCUT2D eigenvalue weighted by Gasteiger charge is -2.37. The van der Waals surface area contributed by atoms with Crippen LogP contribution in [-0.4, -0.2) is 71.1 Å². The van der Waals surface area contributed by atoms with E-state index in [2.05, 4.69) is 21.0 Å². The molecule has 41 heavy (non-hydrogen) atoms. The number of allylic oxidation sites excluding steroid dienone is 1. The fraction of sp³-hybridized carbons (Fsp3) is 0.607. The molecule has 13 heteroatoms. The molecule has 0 aromatic carbocycles. The van der Waals surface area contributed by atoms with E-state index in [1.54, 1.807) is 17.2 Å². The van der Waals surface area contributed by atoms with Gasteiger partial charge in [0.2, 0.25) is 10.0 Å². The summed E-state index contributed by atoms with van der Waals surface area (Å²) in [7, 11) is -3.83. The largest absolute Gasteiger partial charge is 0.444 e. The standard InChI is InChI=1S/C28H35N7O4S2/c1-25(2,3)39-24(36)34-12-6-18(7-13-34)20-14-19(41(37,38)33-26(4)8-9-26)15-35-21(20)30-17-27(35,5)22-31-32-23(40-22)28(16-29)10-11-28/h6,14-15,33H,7-13,17H2,1-5H3. The quantitative estimate of drug-likeness (QED) is 0.522. The predicted octanol–water partition coefficient (Wildman–Crippen LogP) is 3.84. The molecular weight excluding hydrogens is 562 g/mol. The van der Waals surface area contributed by atoms with Gasteiger partial charge in [-0.2, -0.15) is 5.26 Å². The molecule has 1 N–H and O–H groups in total. The molecule has 0 saturated heterocycles. The van der Waals surface area contributed by atoms with Crippen LogP contribution in [0.25, 0.3) is 0 Å². The van der Waals surface area contributed by atoms with Gasteiger partial charge in [-0.1, -0.05) is 17.4 Å². The zero-order chi connectivity index (χ0) is 29.4. The maximum atomic E-state index is 13.6. The summed E-state index contributed by atoms with van der Waals surface area (Å²) in [5.41, 5.74) is -0.691. The topological polar surface area (TPSA) is 141 Å². The predicted molar refractivity (Wildman–Crippen MR) is 154 cm³/mol. The van der Waals surface area contributed by atoms with Crippen LogP contribution < -0.4 is 4.72 Å². The molecular formula is C28H35N7O4S2. The summed E-state index contributed by atoms with van der Waals surface area (Å²) in [6.45, 7) is 10.6. The van der Waals surface area contributed by atoms with Gasteiger partial charge in [-0.05, 0) is 78.4 Å². The minimum absolute atomic E-state index is 0.156. The summed E-state index contributed by atoms with van der Waals surface area (Å²) in [5, 5.41) is 19.9. The number of nitrogens with zero attached hydrogens (tertiary/aromatic N) is 6. The van der Waals surface area contributed by atoms with E-state index in [-0.39, 0.29) is 11.0 Å². The molecule has 1 unspecified atom stereocenters. The van der Waals surface area contributed by atoms with Crippen LogP contribution in [0, 0.1) is 11.3 Å². The van der Waals surface area contributed by atoms with Gasteiger partial charge in [0.25, 0.3) is 0 Å². The first-order valence-electron chi connectivity index (χ1n) is 13.9. The Bertz CT molecular complexity index is 1580. The first-order valence-corrected chi connectivity index (χ1v) is 16.2. The van der Waals surface area contributed by atoms with Crippen molar-refractivity contribution in [2.24, 2.45) is 4.99 Å². The average Bonchev–Trinajstić information content (AvgIpc) is 3.76. The Morgan fingerprint density at radius 3 is 2.46 bits per heavy atom. The summed E-state index contributed by atoms with van der Waals surface area (Å²) >= 11 is 1.41. The second-order valence-electron chi connectivity index (χ2n) is 13.1. The number of sulfonamides is 1. The summed E-state index contributed by atoms with van der Waals surface area (Å²) < 4.78 is 35.7. The van der Waals surface area contributed by atoms with E-state index in [4.69, 9.17) is 9.73 Å². The fourth-order valence-electron chi connectivity index (χ4n) is 5.17. The van der Waals surface area contributed by atoms with Gasteiger partial charge in [0.1, 0.15) is 32.4 Å². The number of rotatable bonds is 6. The number of aromatic nitrogens is 2. The molecule has 2 aliphatic carbocycles. The Kier molecular flexibility index (Phi) is 6.30. The summed E-state index contributed by atoms with van der Waals surface area (Å²) in [6, 6.07) is 2.38. The Hall–Kier alpha value is -3.08. The molecule has 218 valence electrons. The number of ether oxygens (including phenoxy) is 1. The molecule has 1 aromatic rings. The number of fused-ring (bicyclic) bond motifs is 1. The minimum atomic E-state index is -3.83. The molecule has 3 aliphatic heterocycles. The van der Waals surface area contributed by atoms with Crippen LogP contribution >= 0.6 is 11.3 Å². The number of aliphatic imine (C=N–C) groups is 1. The van der Waals surface area contributed by atoms with Crippen molar-refractivity contribution in [1.82, 2.24) is 24.7 Å². The van der Waals surface area contributed by atoms with Gasteiger partial charge in [-0.15, -0.1) is 10.2 Å². The molecule has 2 fully saturated rings. The zero-order valence-electron chi connectivity index (χ0n) is 24.0. The van der Waals surface area contributed by atoms with Crippen molar-refractivity contribution in [2.45, 2.75) is 88.8 Å². The van der Waals surface area contributed by atoms with Crippen LogP contribution in [0.3, 0.4) is 0 Å². The lowest BCUT2D eigenvalue weighted by molar-refractivity contribution is 0.0266. The van der Waals surface area contributed by atoms with Crippen LogP contribution in [0.5, 0.6) is 0 Å². The third-order valence-corrected chi connectivity index (χ3v) is 11.2. The van der Waals surface area contributed by atoms with Crippen molar-refractivity contribution >= 4 is 33.3 Å². The second kappa shape index (κ2) is 9.21. The molecule has 0 radical (unpaired) electrons. The highest BCUT2D eigenvalue weighted by atomic mass is 32.2. The van der Waals surface area contributed by atoms with Crippen molar-refractivity contribution in [2.75, 3.05) is 19.6 Å². The van der Waals surface area contributed by atoms with Crippen LogP contribution in [0.2, 0.25) is 0 Å². The second-order valence-corrected chi connectivity index (χ2v) is 15.7. The van der Waals surface area contributed by atoms with E-state index in [1.165, 1.54) is 11.3 Å². The molecule has 0 spiro atoms. The minimum Gasteiger partial charge on any atom is -0.444 e. The van der Waals surface area contributed by atoms with Gasteiger partial charge < -0.3 is 14.5 Å². The third-order valence-electron chi connectivity index (χ3n) is 8.24. The van der Waals surface area contributed by atoms with E-state index in [0.29, 0.717) is 41.9 Å². The smallest absolute Gasteiger partial charge is 0.410 e. The average molecular weight is 598 g/mol. The number of nitrogens with one attached hydrogen (secondary N) is 1. The molecule has 4 heterocycles. The van der Waals surface area contributed by atoms with Gasteiger partial charge in [0.15, 0.2) is 0 Å². The summed E-state index contributed by atoms with van der Waals surface area (Å²) in [4.78, 5) is 21.2. The molecule has 2 saturated carbocycles. The Morgan fingerprint density at radius 2 is 1.88 bits per heavy atom. The van der Waals surface area contributed by atoms with E-state index in [1.807, 2.05) is 45.6 Å². The van der Waals surface area contributed by atoms with Gasteiger partial charge in [-0.3, -0.25) is 4.99 Å². The van der Waals surface area contributed by atoms with Crippen molar-refractivity contribution < 1.29 is 17.9 Å². The molecule has 1 amide bonds. The van der Waals surface area contributed by atoms with Crippen molar-refractivity contribution in [3.8, 4) is 6.07 Å². The molecule has 6 rings (SSSR count). The highest BCUT2D eigenvalue weighted by Crippen LogP contribution is 2.50. The van der Waals surface area contributed by atoms with Gasteiger partial charge in [0.05, 0.1) is 17.5 Å². The van der Waals surface area contributed by atoms with E-state index in [9.17, 15) is 18.5 Å². The summed E-state index contributed by atoms with van der Waals surface area (Å²) in [6.07, 6.45) is 8.59. The first kappa shape index (κ1) is 28.1. The van der Waals surface area contributed by atoms with Crippen molar-refractivity contribution in [1.29, 1.82) is 5.26 Å². The number of carbonyl (C=O) groups excluding carboxylic acids is 1. The molecule has 5 aliphatic rings. The van der Waals surface area contributed by atoms with E-state index < -0.39 is 32.1 Å². The monoisotopic (exact) mass is 597 g/mol. The lowest BCUT2D eigenvalue weighted by atomic mass is 9.94. The number of hydrogen-bond donors (Lipinski definition) is 1. The Balaban J connectivity index is 1.34. The normalized spacial score (nSPS) is 26.2. The number of amidine groups is 1. The highest BCUT2D eigenvalue weighted by molar-refractivity contribution is 7.93. The molecule has 11 nitrogen and oxygen atoms in total. The van der Waals surface area contributed by atoms with Gasteiger partial charge >= 0.3 is 6.09 Å². The number of carbonyl (C=O) groups is 1. The van der Waals surface area contributed by atoms with E-state index in [0.717, 1.165) is 36.8 Å². The SMILES string of the molecule is CC1(NS(=O)(=O)C2=CN3C(=NCC3(C)c3nnc(C4(C#N)CC4)s3)C(C3=CCN(C(=O)OC(C)(C)C)CC3)=C2)CC1. The third kappa shape index (κ3) is 5.10. The Morgan fingerprint density at radius 1 is 1.17 bits per heavy atom. The van der Waals surface area contributed by atoms with Gasteiger partial charge in [0, 0.05) is 30.4 Å². The first-order chi connectivity index (χ1) is 19.2. The Labute approximate surface area is 244 Å². The number of hydrogen-bond acceptors (Lipinski definition) is 10.